The quantitative estimate of drug-likeness (QED) is 0.421. The zero-order valence-corrected chi connectivity index (χ0v) is 14.5. The average molecular weight is 398 g/mol. The molecule has 1 saturated carbocycles. The molecule has 0 saturated heterocycles. The SMILES string of the molecule is I.NC(=NCCc1c[nH]c2ccccc12)NC1CCCC1. The van der Waals surface area contributed by atoms with Crippen molar-refractivity contribution in [3.8, 4) is 0 Å². The second-order valence-electron chi connectivity index (χ2n) is 5.50. The predicted molar refractivity (Wildman–Crippen MR) is 99.3 cm³/mol. The highest BCUT2D eigenvalue weighted by molar-refractivity contribution is 14.0. The highest BCUT2D eigenvalue weighted by Gasteiger charge is 2.14. The van der Waals surface area contributed by atoms with Gasteiger partial charge in [-0.1, -0.05) is 31.0 Å². The number of nitrogens with zero attached hydrogens (tertiary/aromatic N) is 1. The molecular weight excluding hydrogens is 375 g/mol. The Morgan fingerprint density at radius 2 is 2.05 bits per heavy atom. The number of rotatable bonds is 4. The fourth-order valence-corrected chi connectivity index (χ4v) is 2.96. The summed E-state index contributed by atoms with van der Waals surface area (Å²) >= 11 is 0. The number of fused-ring (bicyclic) bond motifs is 1. The van der Waals surface area contributed by atoms with E-state index in [9.17, 15) is 0 Å². The molecule has 0 unspecified atom stereocenters. The van der Waals surface area contributed by atoms with E-state index < -0.39 is 0 Å². The lowest BCUT2D eigenvalue weighted by molar-refractivity contribution is 0.625. The first kappa shape index (κ1) is 16.1. The van der Waals surface area contributed by atoms with Gasteiger partial charge in [0.05, 0.1) is 0 Å². The van der Waals surface area contributed by atoms with Gasteiger partial charge in [-0.3, -0.25) is 4.99 Å². The Labute approximate surface area is 142 Å². The molecule has 1 aromatic carbocycles. The van der Waals surface area contributed by atoms with Crippen molar-refractivity contribution in [3.05, 3.63) is 36.0 Å². The Hall–Kier alpha value is -1.24. The van der Waals surface area contributed by atoms with Crippen LogP contribution in [0.2, 0.25) is 0 Å². The molecule has 1 fully saturated rings. The van der Waals surface area contributed by atoms with E-state index in [0.717, 1.165) is 13.0 Å². The molecule has 0 atom stereocenters. The number of nitrogens with two attached hydrogens (primary N) is 1. The van der Waals surface area contributed by atoms with Crippen LogP contribution in [0.15, 0.2) is 35.5 Å². The van der Waals surface area contributed by atoms with E-state index in [0.29, 0.717) is 12.0 Å². The maximum Gasteiger partial charge on any atom is 0.188 e. The molecule has 4 N–H and O–H groups in total. The first-order valence-corrected chi connectivity index (χ1v) is 7.44. The van der Waals surface area contributed by atoms with E-state index in [1.807, 2.05) is 6.07 Å². The van der Waals surface area contributed by atoms with Crippen LogP contribution in [0.4, 0.5) is 0 Å². The van der Waals surface area contributed by atoms with Crippen molar-refractivity contribution in [1.82, 2.24) is 10.3 Å². The molecule has 0 amide bonds. The minimum Gasteiger partial charge on any atom is -0.370 e. The average Bonchev–Trinajstić information content (AvgIpc) is 3.09. The summed E-state index contributed by atoms with van der Waals surface area (Å²) in [6, 6.07) is 8.89. The van der Waals surface area contributed by atoms with Crippen molar-refractivity contribution in [2.75, 3.05) is 6.54 Å². The van der Waals surface area contributed by atoms with Gasteiger partial charge in [0.2, 0.25) is 0 Å². The van der Waals surface area contributed by atoms with Crippen LogP contribution in [0.25, 0.3) is 10.9 Å². The number of aliphatic imine (C=N–C) groups is 1. The molecular formula is C16H23IN4. The van der Waals surface area contributed by atoms with Crippen LogP contribution in [0, 0.1) is 0 Å². The van der Waals surface area contributed by atoms with Crippen LogP contribution < -0.4 is 11.1 Å². The maximum atomic E-state index is 5.94. The molecule has 2 aromatic rings. The standard InChI is InChI=1S/C16H22N4.HI/c17-16(20-13-5-1-2-6-13)18-10-9-12-11-19-15-8-4-3-7-14(12)15;/h3-4,7-8,11,13,19H,1-2,5-6,9-10H2,(H3,17,18,20);1H. The first-order chi connectivity index (χ1) is 9.83. The molecule has 1 aliphatic carbocycles. The Morgan fingerprint density at radius 1 is 1.29 bits per heavy atom. The number of hydrogen-bond acceptors (Lipinski definition) is 1. The molecule has 5 heteroatoms. The molecule has 1 aromatic heterocycles. The van der Waals surface area contributed by atoms with E-state index in [1.54, 1.807) is 0 Å². The molecule has 1 heterocycles. The van der Waals surface area contributed by atoms with Gasteiger partial charge in [-0.2, -0.15) is 0 Å². The Kier molecular flexibility index (Phi) is 5.90. The van der Waals surface area contributed by atoms with Gasteiger partial charge in [-0.15, -0.1) is 24.0 Å². The number of para-hydroxylation sites is 1. The number of guanidine groups is 1. The fraction of sp³-hybridized carbons (Fsp3) is 0.438. The lowest BCUT2D eigenvalue weighted by Crippen LogP contribution is -2.38. The van der Waals surface area contributed by atoms with Crippen molar-refractivity contribution in [3.63, 3.8) is 0 Å². The number of H-pyrrole nitrogens is 1. The van der Waals surface area contributed by atoms with Gasteiger partial charge in [-0.25, -0.2) is 0 Å². The normalized spacial score (nSPS) is 16.1. The van der Waals surface area contributed by atoms with Gasteiger partial charge in [0, 0.05) is 29.7 Å². The molecule has 0 aliphatic heterocycles. The maximum absolute atomic E-state index is 5.94. The summed E-state index contributed by atoms with van der Waals surface area (Å²) < 4.78 is 0. The van der Waals surface area contributed by atoms with Gasteiger partial charge in [0.15, 0.2) is 5.96 Å². The first-order valence-electron chi connectivity index (χ1n) is 7.44. The van der Waals surface area contributed by atoms with Crippen LogP contribution in [0.5, 0.6) is 0 Å². The van der Waals surface area contributed by atoms with E-state index in [1.165, 1.54) is 42.1 Å². The van der Waals surface area contributed by atoms with Crippen molar-refractivity contribution in [2.45, 2.75) is 38.1 Å². The van der Waals surface area contributed by atoms with Crippen LogP contribution in [0.1, 0.15) is 31.2 Å². The van der Waals surface area contributed by atoms with Gasteiger partial charge in [0.25, 0.3) is 0 Å². The van der Waals surface area contributed by atoms with Crippen LogP contribution in [-0.2, 0) is 6.42 Å². The summed E-state index contributed by atoms with van der Waals surface area (Å²) in [5, 5.41) is 4.60. The molecule has 0 radical (unpaired) electrons. The third-order valence-corrected chi connectivity index (χ3v) is 4.05. The second kappa shape index (κ2) is 7.68. The summed E-state index contributed by atoms with van der Waals surface area (Å²) in [5.74, 6) is 0.594. The molecule has 0 bridgehead atoms. The minimum atomic E-state index is 0. The third kappa shape index (κ3) is 4.12. The molecule has 1 aliphatic rings. The van der Waals surface area contributed by atoms with Gasteiger partial charge in [-0.05, 0) is 30.9 Å². The molecule has 114 valence electrons. The summed E-state index contributed by atoms with van der Waals surface area (Å²) in [4.78, 5) is 7.73. The zero-order valence-electron chi connectivity index (χ0n) is 12.1. The molecule has 0 spiro atoms. The number of benzene rings is 1. The largest absolute Gasteiger partial charge is 0.370 e. The highest BCUT2D eigenvalue weighted by atomic mass is 127. The summed E-state index contributed by atoms with van der Waals surface area (Å²) in [6.45, 7) is 0.730. The van der Waals surface area contributed by atoms with Gasteiger partial charge < -0.3 is 16.0 Å². The number of aromatic amines is 1. The second-order valence-corrected chi connectivity index (χ2v) is 5.50. The summed E-state index contributed by atoms with van der Waals surface area (Å²) in [7, 11) is 0. The minimum absolute atomic E-state index is 0. The number of nitrogens with one attached hydrogen (secondary N) is 2. The molecule has 3 rings (SSSR count). The van der Waals surface area contributed by atoms with Crippen LogP contribution >= 0.6 is 24.0 Å². The molecule has 4 nitrogen and oxygen atoms in total. The number of aromatic nitrogens is 1. The van der Waals surface area contributed by atoms with Gasteiger partial charge in [0.1, 0.15) is 0 Å². The van der Waals surface area contributed by atoms with Crippen molar-refractivity contribution in [2.24, 2.45) is 10.7 Å². The third-order valence-electron chi connectivity index (χ3n) is 4.05. The lowest BCUT2D eigenvalue weighted by Gasteiger charge is -2.12. The predicted octanol–water partition coefficient (Wildman–Crippen LogP) is 3.18. The topological polar surface area (TPSA) is 66.2 Å². The van der Waals surface area contributed by atoms with E-state index in [-0.39, 0.29) is 24.0 Å². The van der Waals surface area contributed by atoms with Crippen molar-refractivity contribution in [1.29, 1.82) is 0 Å². The molecule has 21 heavy (non-hydrogen) atoms. The lowest BCUT2D eigenvalue weighted by atomic mass is 10.1. The van der Waals surface area contributed by atoms with E-state index in [4.69, 9.17) is 5.73 Å². The highest BCUT2D eigenvalue weighted by Crippen LogP contribution is 2.18. The van der Waals surface area contributed by atoms with Crippen LogP contribution in [-0.4, -0.2) is 23.5 Å². The van der Waals surface area contributed by atoms with Crippen molar-refractivity contribution >= 4 is 40.8 Å². The fourth-order valence-electron chi connectivity index (χ4n) is 2.96. The summed E-state index contributed by atoms with van der Waals surface area (Å²) in [5.41, 5.74) is 8.42. The van der Waals surface area contributed by atoms with Gasteiger partial charge >= 0.3 is 0 Å². The van der Waals surface area contributed by atoms with Crippen LogP contribution in [0.3, 0.4) is 0 Å². The number of hydrogen-bond donors (Lipinski definition) is 3. The van der Waals surface area contributed by atoms with E-state index in [2.05, 4.69) is 39.7 Å². The van der Waals surface area contributed by atoms with E-state index >= 15 is 0 Å². The zero-order chi connectivity index (χ0) is 13.8. The number of halogens is 1. The smallest absolute Gasteiger partial charge is 0.188 e. The Bertz CT molecular complexity index is 599. The Balaban J connectivity index is 0.00000161. The Morgan fingerprint density at radius 3 is 2.86 bits per heavy atom. The van der Waals surface area contributed by atoms with Crippen molar-refractivity contribution < 1.29 is 0 Å². The monoisotopic (exact) mass is 398 g/mol. The summed E-state index contributed by atoms with van der Waals surface area (Å²) in [6.07, 6.45) is 8.04.